The largest absolute Gasteiger partial charge is 0.481 e. The van der Waals surface area contributed by atoms with Crippen LogP contribution in [0, 0.1) is 0 Å². The molecule has 12 nitrogen and oxygen atoms in total. The van der Waals surface area contributed by atoms with E-state index >= 15 is 0 Å². The third-order valence-electron chi connectivity index (χ3n) is 3.00. The molecule has 168 valence electrons. The number of esters is 5. The zero-order valence-corrected chi connectivity index (χ0v) is 16.3. The van der Waals surface area contributed by atoms with Crippen molar-refractivity contribution in [2.45, 2.75) is 32.1 Å². The van der Waals surface area contributed by atoms with Crippen molar-refractivity contribution in [3.63, 3.8) is 0 Å². The molecular formula is C18H24O12. The zero-order chi connectivity index (χ0) is 22.8. The smallest absolute Gasteiger partial charge is 0.330 e. The van der Waals surface area contributed by atoms with Crippen LogP contribution < -0.4 is 0 Å². The Hall–Kier alpha value is -3.44. The number of hydrogen-bond acceptors (Lipinski definition) is 11. The van der Waals surface area contributed by atoms with E-state index < -0.39 is 35.8 Å². The van der Waals surface area contributed by atoms with E-state index in [0.717, 1.165) is 6.08 Å². The average Bonchev–Trinajstić information content (AvgIpc) is 2.67. The molecule has 0 fully saturated rings. The quantitative estimate of drug-likeness (QED) is 0.196. The highest BCUT2D eigenvalue weighted by atomic mass is 16.6. The Bertz CT molecular complexity index is 625. The molecular weight excluding hydrogens is 408 g/mol. The summed E-state index contributed by atoms with van der Waals surface area (Å²) in [6.45, 7) is 2.01. The van der Waals surface area contributed by atoms with Gasteiger partial charge >= 0.3 is 35.8 Å². The number of carboxylic acid groups (broad SMARTS) is 1. The molecule has 0 bridgehead atoms. The van der Waals surface area contributed by atoms with Gasteiger partial charge in [-0.15, -0.1) is 0 Å². The molecule has 0 rings (SSSR count). The molecule has 0 aliphatic heterocycles. The van der Waals surface area contributed by atoms with Gasteiger partial charge in [0.15, 0.2) is 0 Å². The van der Waals surface area contributed by atoms with Crippen LogP contribution in [-0.2, 0) is 52.5 Å². The van der Waals surface area contributed by atoms with Gasteiger partial charge < -0.3 is 28.8 Å². The maximum atomic E-state index is 11.5. The van der Waals surface area contributed by atoms with Crippen LogP contribution in [0.15, 0.2) is 12.7 Å². The fourth-order valence-electron chi connectivity index (χ4n) is 1.58. The summed E-state index contributed by atoms with van der Waals surface area (Å²) in [6.07, 6.45) is -0.238. The van der Waals surface area contributed by atoms with Gasteiger partial charge in [-0.05, 0) is 0 Å². The first-order valence-electron chi connectivity index (χ1n) is 8.88. The summed E-state index contributed by atoms with van der Waals surface area (Å²) in [5, 5.41) is 8.39. The molecule has 0 aliphatic carbocycles. The van der Waals surface area contributed by atoms with Crippen LogP contribution in [0.25, 0.3) is 0 Å². The summed E-state index contributed by atoms with van der Waals surface area (Å²) in [7, 11) is 0. The molecule has 0 saturated heterocycles. The van der Waals surface area contributed by atoms with Crippen LogP contribution >= 0.6 is 0 Å². The number of aliphatic carboxylic acids is 1. The van der Waals surface area contributed by atoms with E-state index in [1.54, 1.807) is 0 Å². The summed E-state index contributed by atoms with van der Waals surface area (Å²) in [5.74, 6) is -4.54. The fraction of sp³-hybridized carbons (Fsp3) is 0.556. The van der Waals surface area contributed by atoms with E-state index in [1.165, 1.54) is 0 Å². The highest BCUT2D eigenvalue weighted by Crippen LogP contribution is 1.97. The van der Waals surface area contributed by atoms with E-state index in [4.69, 9.17) is 19.3 Å². The number of carbonyl (C=O) groups is 6. The second-order valence-electron chi connectivity index (χ2n) is 5.40. The summed E-state index contributed by atoms with van der Waals surface area (Å²) in [5.41, 5.74) is 0. The van der Waals surface area contributed by atoms with Gasteiger partial charge in [-0.3, -0.25) is 24.0 Å². The minimum absolute atomic E-state index is 0.170. The molecule has 0 radical (unpaired) electrons. The number of hydrogen-bond donors (Lipinski definition) is 1. The first-order valence-corrected chi connectivity index (χ1v) is 8.88. The van der Waals surface area contributed by atoms with Crippen molar-refractivity contribution in [1.29, 1.82) is 0 Å². The first-order chi connectivity index (χ1) is 14.2. The van der Waals surface area contributed by atoms with Gasteiger partial charge in [0.05, 0.1) is 32.1 Å². The maximum Gasteiger partial charge on any atom is 0.330 e. The van der Waals surface area contributed by atoms with Gasteiger partial charge in [-0.1, -0.05) is 6.58 Å². The van der Waals surface area contributed by atoms with E-state index in [9.17, 15) is 28.8 Å². The number of carbonyl (C=O) groups excluding carboxylic acids is 5. The molecule has 0 atom stereocenters. The fourth-order valence-corrected chi connectivity index (χ4v) is 1.58. The lowest BCUT2D eigenvalue weighted by atomic mass is 10.4. The Balaban J connectivity index is 3.66. The van der Waals surface area contributed by atoms with Crippen molar-refractivity contribution in [2.24, 2.45) is 0 Å². The second kappa shape index (κ2) is 16.5. The van der Waals surface area contributed by atoms with Crippen molar-refractivity contribution < 1.29 is 57.6 Å². The Morgan fingerprint density at radius 2 is 0.867 bits per heavy atom. The molecule has 0 saturated carbocycles. The van der Waals surface area contributed by atoms with Crippen molar-refractivity contribution in [3.05, 3.63) is 12.7 Å². The van der Waals surface area contributed by atoms with Crippen molar-refractivity contribution in [2.75, 3.05) is 33.0 Å². The van der Waals surface area contributed by atoms with Crippen LogP contribution in [0.2, 0.25) is 0 Å². The molecule has 1 N–H and O–H groups in total. The molecule has 0 aromatic heterocycles. The van der Waals surface area contributed by atoms with Crippen LogP contribution in [0.4, 0.5) is 0 Å². The minimum Gasteiger partial charge on any atom is -0.481 e. The second-order valence-corrected chi connectivity index (χ2v) is 5.40. The van der Waals surface area contributed by atoms with Gasteiger partial charge in [-0.2, -0.15) is 0 Å². The van der Waals surface area contributed by atoms with E-state index in [0.29, 0.717) is 0 Å². The monoisotopic (exact) mass is 432 g/mol. The van der Waals surface area contributed by atoms with Gasteiger partial charge in [0.1, 0.15) is 33.0 Å². The molecule has 12 heteroatoms. The predicted octanol–water partition coefficient (Wildman–Crippen LogP) is -0.0765. The van der Waals surface area contributed by atoms with Gasteiger partial charge in [0.2, 0.25) is 0 Å². The van der Waals surface area contributed by atoms with E-state index in [1.807, 2.05) is 0 Å². The third-order valence-corrected chi connectivity index (χ3v) is 3.00. The predicted molar refractivity (Wildman–Crippen MR) is 95.7 cm³/mol. The Morgan fingerprint density at radius 1 is 0.567 bits per heavy atom. The molecule has 0 aromatic rings. The average molecular weight is 432 g/mol. The number of rotatable bonds is 16. The topological polar surface area (TPSA) is 169 Å². The SMILES string of the molecule is C=CC(=O)OCCC(=O)OCCC(=O)OCCC(=O)OCCC(=O)OCCC(=O)O. The Morgan fingerprint density at radius 3 is 1.17 bits per heavy atom. The minimum atomic E-state index is -1.10. The standard InChI is InChI=1S/C18H24O12/c1-2-14(21)26-9-4-16(23)28-11-6-18(25)30-12-7-17(24)29-10-5-15(22)27-8-3-13(19)20/h2H,1,3-12H2,(H,19,20). The molecule has 0 spiro atoms. The lowest BCUT2D eigenvalue weighted by molar-refractivity contribution is -0.151. The number of ether oxygens (including phenoxy) is 5. The van der Waals surface area contributed by atoms with Crippen LogP contribution in [0.5, 0.6) is 0 Å². The Kier molecular flexibility index (Phi) is 14.6. The Labute approximate surface area is 172 Å². The van der Waals surface area contributed by atoms with Crippen LogP contribution in [0.1, 0.15) is 32.1 Å². The molecule has 0 heterocycles. The maximum absolute atomic E-state index is 11.5. The summed E-state index contributed by atoms with van der Waals surface area (Å²) in [6, 6.07) is 0. The highest BCUT2D eigenvalue weighted by Gasteiger charge is 2.11. The van der Waals surface area contributed by atoms with Crippen molar-refractivity contribution >= 4 is 35.8 Å². The lowest BCUT2D eigenvalue weighted by Crippen LogP contribution is -2.17. The van der Waals surface area contributed by atoms with Gasteiger partial charge in [-0.25, -0.2) is 4.79 Å². The molecule has 0 amide bonds. The van der Waals surface area contributed by atoms with Gasteiger partial charge in [0, 0.05) is 6.08 Å². The summed E-state index contributed by atoms with van der Waals surface area (Å²) >= 11 is 0. The molecule has 0 unspecified atom stereocenters. The van der Waals surface area contributed by atoms with Crippen LogP contribution in [0.3, 0.4) is 0 Å². The van der Waals surface area contributed by atoms with Crippen LogP contribution in [-0.4, -0.2) is 74.0 Å². The highest BCUT2D eigenvalue weighted by molar-refractivity contribution is 5.81. The first kappa shape index (κ1) is 26.6. The summed E-state index contributed by atoms with van der Waals surface area (Å²) in [4.78, 5) is 66.4. The number of carboxylic acids is 1. The zero-order valence-electron chi connectivity index (χ0n) is 16.3. The van der Waals surface area contributed by atoms with Crippen molar-refractivity contribution in [1.82, 2.24) is 0 Å². The van der Waals surface area contributed by atoms with Gasteiger partial charge in [0.25, 0.3) is 0 Å². The third kappa shape index (κ3) is 16.7. The normalized spacial score (nSPS) is 9.73. The molecule has 30 heavy (non-hydrogen) atoms. The molecule has 0 aromatic carbocycles. The van der Waals surface area contributed by atoms with Crippen molar-refractivity contribution in [3.8, 4) is 0 Å². The molecule has 0 aliphatic rings. The van der Waals surface area contributed by atoms with E-state index in [2.05, 4.69) is 16.1 Å². The summed E-state index contributed by atoms with van der Waals surface area (Å²) < 4.78 is 23.4. The van der Waals surface area contributed by atoms with E-state index in [-0.39, 0.29) is 65.1 Å². The lowest BCUT2D eigenvalue weighted by Gasteiger charge is -2.07.